The zero-order valence-electron chi connectivity index (χ0n) is 11.7. The Bertz CT molecular complexity index is 447. The third kappa shape index (κ3) is 2.72. The Balaban J connectivity index is 1.82. The van der Waals surface area contributed by atoms with Crippen LogP contribution in [0.4, 0.5) is 5.95 Å². The second kappa shape index (κ2) is 5.43. The second-order valence-corrected chi connectivity index (χ2v) is 5.64. The minimum atomic E-state index is 0.486. The number of aryl methyl sites for hydroxylation is 1. The molecule has 1 unspecified atom stereocenters. The summed E-state index contributed by atoms with van der Waals surface area (Å²) in [5, 5.41) is 0. The Morgan fingerprint density at radius 3 is 2.95 bits per heavy atom. The molecule has 0 aromatic carbocycles. The highest BCUT2D eigenvalue weighted by atomic mass is 15.3. The van der Waals surface area contributed by atoms with Crippen LogP contribution in [0.3, 0.4) is 0 Å². The van der Waals surface area contributed by atoms with Gasteiger partial charge in [-0.2, -0.15) is 0 Å². The molecular formula is C14H23N5. The van der Waals surface area contributed by atoms with Gasteiger partial charge in [0.05, 0.1) is 5.69 Å². The molecule has 2 saturated heterocycles. The van der Waals surface area contributed by atoms with Gasteiger partial charge in [-0.1, -0.05) is 0 Å². The molecule has 1 aromatic rings. The Morgan fingerprint density at radius 1 is 1.26 bits per heavy atom. The van der Waals surface area contributed by atoms with E-state index in [-0.39, 0.29) is 0 Å². The molecule has 0 spiro atoms. The van der Waals surface area contributed by atoms with Crippen molar-refractivity contribution in [3.63, 3.8) is 0 Å². The van der Waals surface area contributed by atoms with Crippen molar-refractivity contribution in [3.05, 3.63) is 17.5 Å². The van der Waals surface area contributed by atoms with E-state index >= 15 is 0 Å². The van der Waals surface area contributed by atoms with Crippen LogP contribution >= 0.6 is 0 Å². The molecule has 1 atom stereocenters. The first kappa shape index (κ1) is 12.8. The summed E-state index contributed by atoms with van der Waals surface area (Å²) in [5.41, 5.74) is 7.67. The summed E-state index contributed by atoms with van der Waals surface area (Å²) >= 11 is 0. The molecule has 0 bridgehead atoms. The maximum Gasteiger partial charge on any atom is 0.225 e. The fourth-order valence-corrected chi connectivity index (χ4v) is 3.25. The van der Waals surface area contributed by atoms with E-state index in [1.807, 2.05) is 13.0 Å². The molecule has 0 radical (unpaired) electrons. The quantitative estimate of drug-likeness (QED) is 0.858. The van der Waals surface area contributed by atoms with Gasteiger partial charge >= 0.3 is 0 Å². The molecule has 1 aromatic heterocycles. The van der Waals surface area contributed by atoms with E-state index in [0.29, 0.717) is 12.6 Å². The van der Waals surface area contributed by atoms with Crippen molar-refractivity contribution in [2.75, 3.05) is 31.1 Å². The van der Waals surface area contributed by atoms with Crippen LogP contribution in [0.15, 0.2) is 6.07 Å². The van der Waals surface area contributed by atoms with E-state index in [1.165, 1.54) is 32.4 Å². The van der Waals surface area contributed by atoms with Crippen LogP contribution in [0.1, 0.15) is 30.7 Å². The molecule has 2 fully saturated rings. The van der Waals surface area contributed by atoms with Gasteiger partial charge < -0.3 is 10.6 Å². The number of aromatic nitrogens is 2. The average Bonchev–Trinajstić information content (AvgIpc) is 2.75. The van der Waals surface area contributed by atoms with Crippen molar-refractivity contribution >= 4 is 5.95 Å². The number of fused-ring (bicyclic) bond motifs is 1. The minimum Gasteiger partial charge on any atom is -0.339 e. The lowest BCUT2D eigenvalue weighted by molar-refractivity contribution is 0.273. The first-order valence-electron chi connectivity index (χ1n) is 7.30. The zero-order valence-corrected chi connectivity index (χ0v) is 11.7. The summed E-state index contributed by atoms with van der Waals surface area (Å²) in [4.78, 5) is 14.2. The molecule has 0 saturated carbocycles. The highest BCUT2D eigenvalue weighted by molar-refractivity contribution is 5.33. The first-order valence-corrected chi connectivity index (χ1v) is 7.30. The van der Waals surface area contributed by atoms with E-state index in [9.17, 15) is 0 Å². The smallest absolute Gasteiger partial charge is 0.225 e. The average molecular weight is 261 g/mol. The fraction of sp³-hybridized carbons (Fsp3) is 0.714. The highest BCUT2D eigenvalue weighted by Crippen LogP contribution is 2.23. The maximum atomic E-state index is 5.72. The van der Waals surface area contributed by atoms with E-state index < -0.39 is 0 Å². The number of anilines is 1. The predicted molar refractivity (Wildman–Crippen MR) is 76.1 cm³/mol. The van der Waals surface area contributed by atoms with Gasteiger partial charge in [-0.15, -0.1) is 0 Å². The van der Waals surface area contributed by atoms with Crippen molar-refractivity contribution in [2.24, 2.45) is 5.73 Å². The standard InChI is InChI=1S/C14H23N5/c1-11-8-12(9-15)17-14(16-11)19-7-3-6-18-5-2-4-13(18)10-19/h8,13H,2-7,9-10,15H2,1H3. The molecule has 2 aliphatic rings. The van der Waals surface area contributed by atoms with Crippen molar-refractivity contribution in [1.29, 1.82) is 0 Å². The Labute approximate surface area is 114 Å². The van der Waals surface area contributed by atoms with Crippen molar-refractivity contribution in [3.8, 4) is 0 Å². The zero-order chi connectivity index (χ0) is 13.2. The van der Waals surface area contributed by atoms with Gasteiger partial charge in [0.1, 0.15) is 0 Å². The molecule has 5 heteroatoms. The number of nitrogens with two attached hydrogens (primary N) is 1. The normalized spacial score (nSPS) is 24.3. The van der Waals surface area contributed by atoms with E-state index in [0.717, 1.165) is 30.4 Å². The number of hydrogen-bond donors (Lipinski definition) is 1. The summed E-state index contributed by atoms with van der Waals surface area (Å²) < 4.78 is 0. The van der Waals surface area contributed by atoms with Gasteiger partial charge in [0.25, 0.3) is 0 Å². The van der Waals surface area contributed by atoms with Crippen LogP contribution in [0.5, 0.6) is 0 Å². The highest BCUT2D eigenvalue weighted by Gasteiger charge is 2.29. The lowest BCUT2D eigenvalue weighted by Gasteiger charge is -2.26. The van der Waals surface area contributed by atoms with Crippen molar-refractivity contribution in [2.45, 2.75) is 38.8 Å². The number of rotatable bonds is 2. The van der Waals surface area contributed by atoms with Crippen LogP contribution in [0.2, 0.25) is 0 Å². The van der Waals surface area contributed by atoms with E-state index in [1.54, 1.807) is 0 Å². The monoisotopic (exact) mass is 261 g/mol. The van der Waals surface area contributed by atoms with Gasteiger partial charge in [-0.3, -0.25) is 4.90 Å². The SMILES string of the molecule is Cc1cc(CN)nc(N2CCCN3CCCC3C2)n1. The molecule has 5 nitrogen and oxygen atoms in total. The minimum absolute atomic E-state index is 0.486. The number of hydrogen-bond acceptors (Lipinski definition) is 5. The topological polar surface area (TPSA) is 58.3 Å². The predicted octanol–water partition coefficient (Wildman–Crippen LogP) is 0.918. The van der Waals surface area contributed by atoms with Crippen molar-refractivity contribution in [1.82, 2.24) is 14.9 Å². The molecule has 0 amide bonds. The molecular weight excluding hydrogens is 238 g/mol. The lowest BCUT2D eigenvalue weighted by Crippen LogP contribution is -2.37. The van der Waals surface area contributed by atoms with Crippen LogP contribution in [-0.2, 0) is 6.54 Å². The maximum absolute atomic E-state index is 5.72. The number of nitrogens with zero attached hydrogens (tertiary/aromatic N) is 4. The molecule has 2 N–H and O–H groups in total. The second-order valence-electron chi connectivity index (χ2n) is 5.64. The molecule has 2 aliphatic heterocycles. The molecule has 0 aliphatic carbocycles. The summed E-state index contributed by atoms with van der Waals surface area (Å²) in [6.45, 7) is 7.11. The Kier molecular flexibility index (Phi) is 3.66. The third-order valence-electron chi connectivity index (χ3n) is 4.19. The van der Waals surface area contributed by atoms with Gasteiger partial charge in [0.2, 0.25) is 5.95 Å². The first-order chi connectivity index (χ1) is 9.26. The van der Waals surface area contributed by atoms with E-state index in [4.69, 9.17) is 5.73 Å². The van der Waals surface area contributed by atoms with Crippen LogP contribution < -0.4 is 10.6 Å². The van der Waals surface area contributed by atoms with Gasteiger partial charge in [-0.25, -0.2) is 9.97 Å². The van der Waals surface area contributed by atoms with E-state index in [2.05, 4.69) is 19.8 Å². The summed E-state index contributed by atoms with van der Waals surface area (Å²) in [7, 11) is 0. The Morgan fingerprint density at radius 2 is 2.11 bits per heavy atom. The Hall–Kier alpha value is -1.20. The summed E-state index contributed by atoms with van der Waals surface area (Å²) in [6, 6.07) is 2.66. The molecule has 19 heavy (non-hydrogen) atoms. The summed E-state index contributed by atoms with van der Waals surface area (Å²) in [5.74, 6) is 0.870. The van der Waals surface area contributed by atoms with Gasteiger partial charge in [-0.05, 0) is 38.8 Å². The third-order valence-corrected chi connectivity index (χ3v) is 4.19. The largest absolute Gasteiger partial charge is 0.339 e. The van der Waals surface area contributed by atoms with Crippen LogP contribution in [0.25, 0.3) is 0 Å². The van der Waals surface area contributed by atoms with Crippen LogP contribution in [0, 0.1) is 6.92 Å². The summed E-state index contributed by atoms with van der Waals surface area (Å²) in [6.07, 6.45) is 3.85. The van der Waals surface area contributed by atoms with Gasteiger partial charge in [0, 0.05) is 37.9 Å². The molecule has 3 heterocycles. The molecule has 3 rings (SSSR count). The fourth-order valence-electron chi connectivity index (χ4n) is 3.25. The lowest BCUT2D eigenvalue weighted by atomic mass is 10.2. The van der Waals surface area contributed by atoms with Crippen molar-refractivity contribution < 1.29 is 0 Å². The van der Waals surface area contributed by atoms with Gasteiger partial charge in [0.15, 0.2) is 0 Å². The van der Waals surface area contributed by atoms with Crippen LogP contribution in [-0.4, -0.2) is 47.1 Å². The molecule has 104 valence electrons.